The minimum absolute atomic E-state index is 0.0803. The molecule has 6 heteroatoms. The summed E-state index contributed by atoms with van der Waals surface area (Å²) in [4.78, 5) is 24.3. The van der Waals surface area contributed by atoms with Gasteiger partial charge in [-0.05, 0) is 52.7 Å². The maximum atomic E-state index is 12.7. The number of fused-ring (bicyclic) bond motifs is 1. The maximum absolute atomic E-state index is 12.7. The van der Waals surface area contributed by atoms with Crippen molar-refractivity contribution in [2.45, 2.75) is 6.61 Å². The van der Waals surface area contributed by atoms with Crippen LogP contribution in [-0.2, 0) is 16.1 Å². The van der Waals surface area contributed by atoms with Gasteiger partial charge in [0.15, 0.2) is 0 Å². The first kappa shape index (κ1) is 23.3. The molecule has 0 aliphatic carbocycles. The Kier molecular flexibility index (Phi) is 7.19. The number of hydrogen-bond donors (Lipinski definition) is 1. The second kappa shape index (κ2) is 10.8. The fourth-order valence-corrected chi connectivity index (χ4v) is 3.62. The molecule has 0 heterocycles. The Morgan fingerprint density at radius 2 is 1.63 bits per heavy atom. The highest BCUT2D eigenvalue weighted by Gasteiger charge is 2.13. The topological polar surface area (TPSA) is 88.4 Å². The Labute approximate surface area is 203 Å². The molecule has 0 radical (unpaired) electrons. The molecule has 4 aromatic carbocycles. The Hall–Kier alpha value is -4.89. The van der Waals surface area contributed by atoms with Crippen molar-refractivity contribution in [3.05, 3.63) is 113 Å². The summed E-state index contributed by atoms with van der Waals surface area (Å²) in [5.74, 6) is -0.480. The zero-order valence-electron chi connectivity index (χ0n) is 19.0. The van der Waals surface area contributed by atoms with E-state index in [1.165, 1.54) is 25.3 Å². The number of carbonyl (C=O) groups is 2. The van der Waals surface area contributed by atoms with Gasteiger partial charge in [-0.15, -0.1) is 0 Å². The molecular formula is C29H22N2O4. The molecule has 4 aromatic rings. The molecule has 1 amide bonds. The minimum Gasteiger partial charge on any atom is -0.488 e. The molecule has 0 aliphatic rings. The van der Waals surface area contributed by atoms with Gasteiger partial charge in [-0.25, -0.2) is 4.79 Å². The van der Waals surface area contributed by atoms with Crippen LogP contribution in [0.2, 0.25) is 0 Å². The summed E-state index contributed by atoms with van der Waals surface area (Å²) in [5, 5.41) is 14.5. The van der Waals surface area contributed by atoms with Gasteiger partial charge >= 0.3 is 5.97 Å². The van der Waals surface area contributed by atoms with Crippen molar-refractivity contribution in [3.63, 3.8) is 0 Å². The number of nitrogens with one attached hydrogen (secondary N) is 1. The minimum atomic E-state index is -0.567. The van der Waals surface area contributed by atoms with Crippen molar-refractivity contribution in [1.29, 1.82) is 5.26 Å². The highest BCUT2D eigenvalue weighted by atomic mass is 16.5. The second-order valence-corrected chi connectivity index (χ2v) is 7.66. The van der Waals surface area contributed by atoms with Crippen LogP contribution in [-0.4, -0.2) is 19.0 Å². The monoisotopic (exact) mass is 462 g/mol. The number of ether oxygens (including phenoxy) is 2. The van der Waals surface area contributed by atoms with Crippen LogP contribution >= 0.6 is 0 Å². The number of carbonyl (C=O) groups excluding carboxylic acids is 2. The number of nitrogens with zero attached hydrogens (tertiary/aromatic N) is 1. The number of methoxy groups -OCH3 is 1. The van der Waals surface area contributed by atoms with Crippen LogP contribution in [0.4, 0.5) is 5.69 Å². The number of hydrogen-bond acceptors (Lipinski definition) is 5. The smallest absolute Gasteiger partial charge is 0.337 e. The molecule has 6 nitrogen and oxygen atoms in total. The lowest BCUT2D eigenvalue weighted by Crippen LogP contribution is -2.13. The Morgan fingerprint density at radius 1 is 0.914 bits per heavy atom. The predicted octanol–water partition coefficient (Wildman–Crippen LogP) is 5.75. The van der Waals surface area contributed by atoms with Crippen LogP contribution in [0.5, 0.6) is 5.75 Å². The number of rotatable bonds is 7. The van der Waals surface area contributed by atoms with Gasteiger partial charge in [-0.1, -0.05) is 60.7 Å². The Morgan fingerprint density at radius 3 is 2.40 bits per heavy atom. The standard InChI is InChI=1S/C29H22N2O4/c1-34-29(33)21-13-15-25(16-14-21)31-28(32)24(18-30)17-22-8-3-5-12-27(22)35-19-23-10-6-9-20-7-2-4-11-26(20)23/h2-17H,19H2,1H3,(H,31,32)/b24-17+. The van der Waals surface area contributed by atoms with E-state index in [0.29, 0.717) is 29.2 Å². The van der Waals surface area contributed by atoms with E-state index in [1.54, 1.807) is 24.3 Å². The van der Waals surface area contributed by atoms with Crippen LogP contribution in [0.15, 0.2) is 96.6 Å². The van der Waals surface area contributed by atoms with Crippen LogP contribution in [0, 0.1) is 11.3 Å². The summed E-state index contributed by atoms with van der Waals surface area (Å²) >= 11 is 0. The lowest BCUT2D eigenvalue weighted by atomic mass is 10.1. The fourth-order valence-electron chi connectivity index (χ4n) is 3.62. The molecule has 0 aliphatic heterocycles. The van der Waals surface area contributed by atoms with E-state index in [1.807, 2.05) is 42.5 Å². The normalized spacial score (nSPS) is 10.9. The maximum Gasteiger partial charge on any atom is 0.337 e. The molecule has 35 heavy (non-hydrogen) atoms. The SMILES string of the molecule is COC(=O)c1ccc(NC(=O)/C(C#N)=C/c2ccccc2OCc2cccc3ccccc23)cc1. The summed E-state index contributed by atoms with van der Waals surface area (Å²) in [7, 11) is 1.30. The predicted molar refractivity (Wildman–Crippen MR) is 135 cm³/mol. The summed E-state index contributed by atoms with van der Waals surface area (Å²) in [6, 6.07) is 29.5. The third kappa shape index (κ3) is 5.55. The Bertz CT molecular complexity index is 1440. The molecule has 0 unspecified atom stereocenters. The van der Waals surface area contributed by atoms with Crippen molar-refractivity contribution in [2.75, 3.05) is 12.4 Å². The Balaban J connectivity index is 1.51. The van der Waals surface area contributed by atoms with Gasteiger partial charge in [0.05, 0.1) is 12.7 Å². The van der Waals surface area contributed by atoms with Gasteiger partial charge in [-0.2, -0.15) is 5.26 Å². The van der Waals surface area contributed by atoms with Gasteiger partial charge in [-0.3, -0.25) is 4.79 Å². The molecule has 172 valence electrons. The molecule has 0 saturated heterocycles. The van der Waals surface area contributed by atoms with E-state index in [2.05, 4.69) is 28.3 Å². The van der Waals surface area contributed by atoms with Crippen molar-refractivity contribution in [3.8, 4) is 11.8 Å². The third-order valence-electron chi connectivity index (χ3n) is 5.41. The average Bonchev–Trinajstić information content (AvgIpc) is 2.91. The van der Waals surface area contributed by atoms with Gasteiger partial charge in [0.2, 0.25) is 0 Å². The van der Waals surface area contributed by atoms with Gasteiger partial charge < -0.3 is 14.8 Å². The molecule has 0 bridgehead atoms. The number of para-hydroxylation sites is 1. The third-order valence-corrected chi connectivity index (χ3v) is 5.41. The van der Waals surface area contributed by atoms with E-state index in [9.17, 15) is 14.9 Å². The number of amides is 1. The summed E-state index contributed by atoms with van der Waals surface area (Å²) in [5.41, 5.74) is 2.38. The second-order valence-electron chi connectivity index (χ2n) is 7.66. The van der Waals surface area contributed by atoms with E-state index >= 15 is 0 Å². The van der Waals surface area contributed by atoms with E-state index < -0.39 is 11.9 Å². The first-order valence-corrected chi connectivity index (χ1v) is 10.9. The number of nitriles is 1. The molecular weight excluding hydrogens is 440 g/mol. The first-order valence-electron chi connectivity index (χ1n) is 10.9. The largest absolute Gasteiger partial charge is 0.488 e. The molecule has 0 saturated carbocycles. The number of benzene rings is 4. The van der Waals surface area contributed by atoms with Crippen LogP contribution < -0.4 is 10.1 Å². The van der Waals surface area contributed by atoms with Crippen molar-refractivity contribution in [2.24, 2.45) is 0 Å². The van der Waals surface area contributed by atoms with Crippen LogP contribution in [0.25, 0.3) is 16.8 Å². The molecule has 0 spiro atoms. The van der Waals surface area contributed by atoms with Crippen molar-refractivity contribution < 1.29 is 19.1 Å². The van der Waals surface area contributed by atoms with E-state index in [0.717, 1.165) is 16.3 Å². The number of esters is 1. The first-order chi connectivity index (χ1) is 17.1. The molecule has 0 aromatic heterocycles. The van der Waals surface area contributed by atoms with E-state index in [-0.39, 0.29) is 5.57 Å². The van der Waals surface area contributed by atoms with Crippen LogP contribution in [0.3, 0.4) is 0 Å². The van der Waals surface area contributed by atoms with Gasteiger partial charge in [0.25, 0.3) is 5.91 Å². The highest BCUT2D eigenvalue weighted by molar-refractivity contribution is 6.10. The average molecular weight is 463 g/mol. The molecule has 0 fully saturated rings. The number of anilines is 1. The van der Waals surface area contributed by atoms with Crippen molar-refractivity contribution in [1.82, 2.24) is 0 Å². The van der Waals surface area contributed by atoms with Gasteiger partial charge in [0, 0.05) is 11.3 Å². The lowest BCUT2D eigenvalue weighted by Gasteiger charge is -2.12. The highest BCUT2D eigenvalue weighted by Crippen LogP contribution is 2.25. The molecule has 4 rings (SSSR count). The molecule has 1 N–H and O–H groups in total. The quantitative estimate of drug-likeness (QED) is 0.215. The lowest BCUT2D eigenvalue weighted by molar-refractivity contribution is -0.112. The summed E-state index contributed by atoms with van der Waals surface area (Å²) in [6.07, 6.45) is 1.50. The molecule has 0 atom stereocenters. The summed E-state index contributed by atoms with van der Waals surface area (Å²) in [6.45, 7) is 0.340. The fraction of sp³-hybridized carbons (Fsp3) is 0.0690. The zero-order chi connectivity index (χ0) is 24.6. The van der Waals surface area contributed by atoms with Crippen LogP contribution in [0.1, 0.15) is 21.5 Å². The zero-order valence-corrected chi connectivity index (χ0v) is 19.0. The van der Waals surface area contributed by atoms with Crippen molar-refractivity contribution >= 4 is 34.4 Å². The van der Waals surface area contributed by atoms with Gasteiger partial charge in [0.1, 0.15) is 24.0 Å². The van der Waals surface area contributed by atoms with E-state index in [4.69, 9.17) is 4.74 Å². The summed E-state index contributed by atoms with van der Waals surface area (Å²) < 4.78 is 10.8.